The van der Waals surface area contributed by atoms with E-state index in [1.54, 1.807) is 0 Å². The van der Waals surface area contributed by atoms with Gasteiger partial charge >= 0.3 is 5.97 Å². The Labute approximate surface area is 97.2 Å². The first kappa shape index (κ1) is 11.9. The molecule has 2 heterocycles. The average molecular weight is 226 g/mol. The second-order valence-electron chi connectivity index (χ2n) is 5.21. The largest absolute Gasteiger partial charge is 0.481 e. The molecule has 1 atom stereocenters. The molecule has 0 aromatic rings. The SMILES string of the molecule is CN1CCC(N2CCC[C@@H](C(=O)O)C2)CC1. The first-order chi connectivity index (χ1) is 7.66. The number of carboxylic acid groups (broad SMARTS) is 1. The molecule has 0 saturated carbocycles. The van der Waals surface area contributed by atoms with Gasteiger partial charge in [0.1, 0.15) is 0 Å². The first-order valence-corrected chi connectivity index (χ1v) is 6.32. The van der Waals surface area contributed by atoms with Gasteiger partial charge < -0.3 is 10.0 Å². The molecule has 0 bridgehead atoms. The summed E-state index contributed by atoms with van der Waals surface area (Å²) in [6, 6.07) is 0.623. The number of carbonyl (C=O) groups is 1. The summed E-state index contributed by atoms with van der Waals surface area (Å²) in [6.07, 6.45) is 4.30. The van der Waals surface area contributed by atoms with Crippen LogP contribution in [0.3, 0.4) is 0 Å². The molecule has 2 fully saturated rings. The molecule has 0 unspecified atom stereocenters. The zero-order valence-electron chi connectivity index (χ0n) is 10.1. The Balaban J connectivity index is 1.87. The number of rotatable bonds is 2. The molecule has 2 aliphatic heterocycles. The molecule has 1 N–H and O–H groups in total. The highest BCUT2D eigenvalue weighted by atomic mass is 16.4. The van der Waals surface area contributed by atoms with Crippen LogP contribution in [0.2, 0.25) is 0 Å². The average Bonchev–Trinajstić information content (AvgIpc) is 2.30. The first-order valence-electron chi connectivity index (χ1n) is 6.32. The molecule has 2 aliphatic rings. The Bertz CT molecular complexity index is 249. The lowest BCUT2D eigenvalue weighted by atomic mass is 9.94. The van der Waals surface area contributed by atoms with Crippen LogP contribution in [0.1, 0.15) is 25.7 Å². The number of piperidine rings is 2. The van der Waals surface area contributed by atoms with E-state index in [0.717, 1.165) is 39.0 Å². The summed E-state index contributed by atoms with van der Waals surface area (Å²) in [6.45, 7) is 4.17. The van der Waals surface area contributed by atoms with E-state index < -0.39 is 5.97 Å². The maximum atomic E-state index is 11.0. The van der Waals surface area contributed by atoms with Gasteiger partial charge in [-0.1, -0.05) is 0 Å². The van der Waals surface area contributed by atoms with Crippen molar-refractivity contribution in [1.29, 1.82) is 0 Å². The minimum absolute atomic E-state index is 0.131. The molecule has 0 radical (unpaired) electrons. The summed E-state index contributed by atoms with van der Waals surface area (Å²) in [5.74, 6) is -0.744. The van der Waals surface area contributed by atoms with Crippen molar-refractivity contribution in [2.75, 3.05) is 33.2 Å². The second kappa shape index (κ2) is 5.15. The van der Waals surface area contributed by atoms with Crippen molar-refractivity contribution in [2.45, 2.75) is 31.7 Å². The minimum atomic E-state index is -0.613. The lowest BCUT2D eigenvalue weighted by Crippen LogP contribution is -2.48. The Hall–Kier alpha value is -0.610. The fourth-order valence-corrected chi connectivity index (χ4v) is 2.90. The van der Waals surface area contributed by atoms with Crippen LogP contribution >= 0.6 is 0 Å². The molecule has 0 aromatic heterocycles. The topological polar surface area (TPSA) is 43.8 Å². The van der Waals surface area contributed by atoms with Crippen molar-refractivity contribution >= 4 is 5.97 Å². The van der Waals surface area contributed by atoms with Crippen LogP contribution in [0.15, 0.2) is 0 Å². The zero-order valence-corrected chi connectivity index (χ0v) is 10.1. The van der Waals surface area contributed by atoms with E-state index in [1.165, 1.54) is 12.8 Å². The van der Waals surface area contributed by atoms with Crippen molar-refractivity contribution in [3.05, 3.63) is 0 Å². The molecule has 0 amide bonds. The Morgan fingerprint density at radius 1 is 1.19 bits per heavy atom. The van der Waals surface area contributed by atoms with Gasteiger partial charge in [-0.2, -0.15) is 0 Å². The third kappa shape index (κ3) is 2.74. The molecule has 4 heteroatoms. The van der Waals surface area contributed by atoms with Gasteiger partial charge in [0.05, 0.1) is 5.92 Å². The summed E-state index contributed by atoms with van der Waals surface area (Å²) >= 11 is 0. The molecule has 92 valence electrons. The third-order valence-electron chi connectivity index (χ3n) is 4.01. The van der Waals surface area contributed by atoms with Crippen molar-refractivity contribution < 1.29 is 9.90 Å². The number of aliphatic carboxylic acids is 1. The lowest BCUT2D eigenvalue weighted by molar-refractivity contribution is -0.144. The van der Waals surface area contributed by atoms with E-state index in [4.69, 9.17) is 5.11 Å². The molecular weight excluding hydrogens is 204 g/mol. The van der Waals surface area contributed by atoms with Crippen molar-refractivity contribution in [1.82, 2.24) is 9.80 Å². The highest BCUT2D eigenvalue weighted by Crippen LogP contribution is 2.23. The third-order valence-corrected chi connectivity index (χ3v) is 4.01. The van der Waals surface area contributed by atoms with Crippen LogP contribution in [-0.2, 0) is 4.79 Å². The Morgan fingerprint density at radius 2 is 1.88 bits per heavy atom. The van der Waals surface area contributed by atoms with Crippen LogP contribution in [0.5, 0.6) is 0 Å². The molecule has 2 saturated heterocycles. The maximum Gasteiger partial charge on any atom is 0.307 e. The summed E-state index contributed by atoms with van der Waals surface area (Å²) in [5.41, 5.74) is 0. The minimum Gasteiger partial charge on any atom is -0.481 e. The van der Waals surface area contributed by atoms with Crippen LogP contribution in [0, 0.1) is 5.92 Å². The number of nitrogens with zero attached hydrogens (tertiary/aromatic N) is 2. The summed E-state index contributed by atoms with van der Waals surface area (Å²) in [4.78, 5) is 15.8. The van der Waals surface area contributed by atoms with Gasteiger partial charge in [-0.15, -0.1) is 0 Å². The van der Waals surface area contributed by atoms with Gasteiger partial charge in [-0.3, -0.25) is 9.69 Å². The smallest absolute Gasteiger partial charge is 0.307 e. The molecule has 0 spiro atoms. The van der Waals surface area contributed by atoms with Crippen molar-refractivity contribution in [3.63, 3.8) is 0 Å². The van der Waals surface area contributed by atoms with Crippen LogP contribution in [-0.4, -0.2) is 60.1 Å². The second-order valence-corrected chi connectivity index (χ2v) is 5.21. The normalized spacial score (nSPS) is 30.4. The molecular formula is C12H22N2O2. The molecule has 0 aliphatic carbocycles. The molecule has 4 nitrogen and oxygen atoms in total. The zero-order chi connectivity index (χ0) is 11.5. The predicted molar refractivity (Wildman–Crippen MR) is 62.5 cm³/mol. The van der Waals surface area contributed by atoms with Gasteiger partial charge in [-0.05, 0) is 52.4 Å². The highest BCUT2D eigenvalue weighted by Gasteiger charge is 2.30. The number of likely N-dealkylation sites (tertiary alicyclic amines) is 2. The maximum absolute atomic E-state index is 11.0. The van der Waals surface area contributed by atoms with E-state index >= 15 is 0 Å². The van der Waals surface area contributed by atoms with Crippen LogP contribution in [0.4, 0.5) is 0 Å². The molecule has 2 rings (SSSR count). The summed E-state index contributed by atoms with van der Waals surface area (Å²) in [5, 5.41) is 9.06. The number of hydrogen-bond donors (Lipinski definition) is 1. The van der Waals surface area contributed by atoms with Gasteiger partial charge in [0.2, 0.25) is 0 Å². The fourth-order valence-electron chi connectivity index (χ4n) is 2.90. The predicted octanol–water partition coefficient (Wildman–Crippen LogP) is 0.877. The van der Waals surface area contributed by atoms with E-state index in [2.05, 4.69) is 16.8 Å². The van der Waals surface area contributed by atoms with E-state index in [-0.39, 0.29) is 5.92 Å². The standard InChI is InChI=1S/C12H22N2O2/c1-13-7-4-11(5-8-13)14-6-2-3-10(9-14)12(15)16/h10-11H,2-9H2,1H3,(H,15,16)/t10-/m1/s1. The van der Waals surface area contributed by atoms with Gasteiger partial charge in [0.15, 0.2) is 0 Å². The van der Waals surface area contributed by atoms with Gasteiger partial charge in [0, 0.05) is 12.6 Å². The Kier molecular flexibility index (Phi) is 3.82. The van der Waals surface area contributed by atoms with Crippen LogP contribution < -0.4 is 0 Å². The van der Waals surface area contributed by atoms with E-state index in [9.17, 15) is 4.79 Å². The van der Waals surface area contributed by atoms with E-state index in [0.29, 0.717) is 6.04 Å². The van der Waals surface area contributed by atoms with E-state index in [1.807, 2.05) is 0 Å². The molecule has 16 heavy (non-hydrogen) atoms. The highest BCUT2D eigenvalue weighted by molar-refractivity contribution is 5.70. The van der Waals surface area contributed by atoms with Gasteiger partial charge in [0.25, 0.3) is 0 Å². The summed E-state index contributed by atoms with van der Waals surface area (Å²) < 4.78 is 0. The molecule has 0 aromatic carbocycles. The van der Waals surface area contributed by atoms with Crippen molar-refractivity contribution in [2.24, 2.45) is 5.92 Å². The fraction of sp³-hybridized carbons (Fsp3) is 0.917. The number of hydrogen-bond acceptors (Lipinski definition) is 3. The monoisotopic (exact) mass is 226 g/mol. The van der Waals surface area contributed by atoms with Crippen LogP contribution in [0.25, 0.3) is 0 Å². The Morgan fingerprint density at radius 3 is 2.50 bits per heavy atom. The number of carboxylic acids is 1. The summed E-state index contributed by atoms with van der Waals surface area (Å²) in [7, 11) is 2.16. The quantitative estimate of drug-likeness (QED) is 0.759. The van der Waals surface area contributed by atoms with Gasteiger partial charge in [-0.25, -0.2) is 0 Å². The van der Waals surface area contributed by atoms with Crippen molar-refractivity contribution in [3.8, 4) is 0 Å². The lowest BCUT2D eigenvalue weighted by Gasteiger charge is -2.40.